The number of hydrogen-bond acceptors (Lipinski definition) is 4. The topological polar surface area (TPSA) is 64.6 Å². The Morgan fingerprint density at radius 3 is 2.24 bits per heavy atom. The molecule has 0 unspecified atom stereocenters. The first-order valence-corrected chi connectivity index (χ1v) is 8.25. The van der Waals surface area contributed by atoms with Gasteiger partial charge >= 0.3 is 5.97 Å². The Bertz CT molecular complexity index is 748. The van der Waals surface area contributed by atoms with Crippen LogP contribution in [0, 0.1) is 13.8 Å². The van der Waals surface area contributed by atoms with E-state index in [9.17, 15) is 9.59 Å². The molecule has 5 nitrogen and oxygen atoms in total. The molecule has 2 rings (SSSR count). The Hall–Kier alpha value is -2.53. The van der Waals surface area contributed by atoms with Gasteiger partial charge in [-0.1, -0.05) is 11.6 Å². The molecule has 0 radical (unpaired) electrons. The number of ether oxygens (including phenoxy) is 2. The van der Waals surface area contributed by atoms with Crippen molar-refractivity contribution in [1.29, 1.82) is 0 Å². The lowest BCUT2D eigenvalue weighted by atomic mass is 10.1. The maximum atomic E-state index is 12.0. The largest absolute Gasteiger partial charge is 0.483 e. The summed E-state index contributed by atoms with van der Waals surface area (Å²) in [6.07, 6.45) is 0. The molecular weight excluding hydrogens is 342 g/mol. The summed E-state index contributed by atoms with van der Waals surface area (Å²) in [7, 11) is 0. The highest BCUT2D eigenvalue weighted by Gasteiger charge is 2.10. The number of hydrogen-bond donors (Lipinski definition) is 1. The zero-order chi connectivity index (χ0) is 18.4. The molecule has 132 valence electrons. The van der Waals surface area contributed by atoms with Gasteiger partial charge in [0.2, 0.25) is 0 Å². The zero-order valence-corrected chi connectivity index (χ0v) is 15.1. The number of benzene rings is 2. The van der Waals surface area contributed by atoms with E-state index in [1.807, 2.05) is 13.8 Å². The molecule has 25 heavy (non-hydrogen) atoms. The molecule has 6 heteroatoms. The van der Waals surface area contributed by atoms with Crippen LogP contribution >= 0.6 is 11.6 Å². The van der Waals surface area contributed by atoms with Crippen LogP contribution in [0.3, 0.4) is 0 Å². The van der Waals surface area contributed by atoms with Crippen LogP contribution < -0.4 is 10.1 Å². The lowest BCUT2D eigenvalue weighted by Crippen LogP contribution is -2.20. The Morgan fingerprint density at radius 2 is 1.68 bits per heavy atom. The van der Waals surface area contributed by atoms with Gasteiger partial charge in [0.05, 0.1) is 12.2 Å². The maximum Gasteiger partial charge on any atom is 0.338 e. The summed E-state index contributed by atoms with van der Waals surface area (Å²) >= 11 is 5.98. The zero-order valence-electron chi connectivity index (χ0n) is 14.4. The fourth-order valence-electron chi connectivity index (χ4n) is 2.36. The van der Waals surface area contributed by atoms with Gasteiger partial charge in [-0.3, -0.25) is 4.79 Å². The minimum atomic E-state index is -0.391. The van der Waals surface area contributed by atoms with Gasteiger partial charge in [-0.2, -0.15) is 0 Å². The van der Waals surface area contributed by atoms with Gasteiger partial charge < -0.3 is 14.8 Å². The highest BCUT2D eigenvalue weighted by atomic mass is 35.5. The van der Waals surface area contributed by atoms with Gasteiger partial charge in [0.1, 0.15) is 5.75 Å². The fraction of sp³-hybridized carbons (Fsp3) is 0.263. The van der Waals surface area contributed by atoms with E-state index >= 15 is 0 Å². The smallest absolute Gasteiger partial charge is 0.338 e. The molecule has 0 aliphatic heterocycles. The van der Waals surface area contributed by atoms with Crippen LogP contribution in [-0.2, 0) is 9.53 Å². The first-order chi connectivity index (χ1) is 11.9. The lowest BCUT2D eigenvalue weighted by molar-refractivity contribution is -0.118. The third-order valence-corrected chi connectivity index (χ3v) is 3.67. The van der Waals surface area contributed by atoms with Crippen molar-refractivity contribution in [2.75, 3.05) is 18.5 Å². The van der Waals surface area contributed by atoms with E-state index in [1.54, 1.807) is 43.3 Å². The minimum absolute atomic E-state index is 0.122. The van der Waals surface area contributed by atoms with Crippen molar-refractivity contribution in [2.45, 2.75) is 20.8 Å². The molecule has 0 saturated heterocycles. The number of esters is 1. The van der Waals surface area contributed by atoms with Gasteiger partial charge in [0, 0.05) is 10.7 Å². The van der Waals surface area contributed by atoms with Gasteiger partial charge in [-0.15, -0.1) is 0 Å². The molecule has 0 aromatic heterocycles. The molecule has 0 atom stereocenters. The molecule has 0 aliphatic rings. The average Bonchev–Trinajstić information content (AvgIpc) is 2.54. The predicted molar refractivity (Wildman–Crippen MR) is 97.4 cm³/mol. The van der Waals surface area contributed by atoms with E-state index in [0.29, 0.717) is 28.6 Å². The van der Waals surface area contributed by atoms with Gasteiger partial charge in [0.25, 0.3) is 5.91 Å². The van der Waals surface area contributed by atoms with Gasteiger partial charge in [-0.05, 0) is 68.3 Å². The standard InChI is InChI=1S/C19H20ClNO4/c1-4-24-19(23)14-5-7-16(8-6-14)21-17(22)11-25-18-12(2)9-15(20)10-13(18)3/h5-10H,4,11H2,1-3H3,(H,21,22). The number of amides is 1. The van der Waals surface area contributed by atoms with Gasteiger partial charge in [0.15, 0.2) is 6.61 Å². The molecule has 2 aromatic carbocycles. The fourth-order valence-corrected chi connectivity index (χ4v) is 2.69. The molecule has 0 bridgehead atoms. The van der Waals surface area contributed by atoms with Crippen LogP contribution in [-0.4, -0.2) is 25.1 Å². The van der Waals surface area contributed by atoms with E-state index < -0.39 is 5.97 Å². The van der Waals surface area contributed by atoms with Crippen LogP contribution in [0.5, 0.6) is 5.75 Å². The van der Waals surface area contributed by atoms with E-state index in [-0.39, 0.29) is 12.5 Å². The summed E-state index contributed by atoms with van der Waals surface area (Å²) in [5, 5.41) is 3.35. The van der Waals surface area contributed by atoms with Crippen LogP contribution in [0.1, 0.15) is 28.4 Å². The normalized spacial score (nSPS) is 10.2. The van der Waals surface area contributed by atoms with Crippen molar-refractivity contribution < 1.29 is 19.1 Å². The van der Waals surface area contributed by atoms with Crippen LogP contribution in [0.4, 0.5) is 5.69 Å². The van der Waals surface area contributed by atoms with Crippen molar-refractivity contribution in [3.05, 3.63) is 58.1 Å². The van der Waals surface area contributed by atoms with Crippen molar-refractivity contribution >= 4 is 29.2 Å². The maximum absolute atomic E-state index is 12.0. The van der Waals surface area contributed by atoms with E-state index in [4.69, 9.17) is 21.1 Å². The van der Waals surface area contributed by atoms with Crippen molar-refractivity contribution in [3.8, 4) is 5.75 Å². The second kappa shape index (κ2) is 8.53. The summed E-state index contributed by atoms with van der Waals surface area (Å²) in [5.74, 6) is -0.0350. The molecule has 1 N–H and O–H groups in total. The van der Waals surface area contributed by atoms with Crippen LogP contribution in [0.15, 0.2) is 36.4 Å². The molecule has 0 aliphatic carbocycles. The number of rotatable bonds is 6. The van der Waals surface area contributed by atoms with Crippen LogP contribution in [0.2, 0.25) is 5.02 Å². The third-order valence-electron chi connectivity index (χ3n) is 3.45. The Morgan fingerprint density at radius 1 is 1.08 bits per heavy atom. The number of carbonyl (C=O) groups excluding carboxylic acids is 2. The van der Waals surface area contributed by atoms with Crippen molar-refractivity contribution in [1.82, 2.24) is 0 Å². The molecule has 2 aromatic rings. The quantitative estimate of drug-likeness (QED) is 0.785. The summed E-state index contributed by atoms with van der Waals surface area (Å²) < 4.78 is 10.5. The Kier molecular flexibility index (Phi) is 6.42. The number of halogens is 1. The Balaban J connectivity index is 1.93. The second-order valence-electron chi connectivity index (χ2n) is 5.50. The SMILES string of the molecule is CCOC(=O)c1ccc(NC(=O)COc2c(C)cc(Cl)cc2C)cc1. The third kappa shape index (κ3) is 5.22. The van der Waals surface area contributed by atoms with Crippen molar-refractivity contribution in [3.63, 3.8) is 0 Å². The van der Waals surface area contributed by atoms with Gasteiger partial charge in [-0.25, -0.2) is 4.79 Å². The summed E-state index contributed by atoms with van der Waals surface area (Å²) in [4.78, 5) is 23.6. The second-order valence-corrected chi connectivity index (χ2v) is 5.94. The van der Waals surface area contributed by atoms with Crippen molar-refractivity contribution in [2.24, 2.45) is 0 Å². The van der Waals surface area contributed by atoms with E-state index in [2.05, 4.69) is 5.32 Å². The summed E-state index contributed by atoms with van der Waals surface area (Å²) in [6, 6.07) is 10.1. The molecule has 0 fully saturated rings. The van der Waals surface area contributed by atoms with Crippen LogP contribution in [0.25, 0.3) is 0 Å². The summed E-state index contributed by atoms with van der Waals surface area (Å²) in [5.41, 5.74) is 2.75. The molecular formula is C19H20ClNO4. The molecule has 0 spiro atoms. The first kappa shape index (κ1) is 18.8. The highest BCUT2D eigenvalue weighted by molar-refractivity contribution is 6.30. The first-order valence-electron chi connectivity index (χ1n) is 7.87. The Labute approximate surface area is 151 Å². The monoisotopic (exact) mass is 361 g/mol. The lowest BCUT2D eigenvalue weighted by Gasteiger charge is -2.13. The van der Waals surface area contributed by atoms with E-state index in [1.165, 1.54) is 0 Å². The molecule has 0 saturated carbocycles. The predicted octanol–water partition coefficient (Wildman–Crippen LogP) is 4.15. The number of anilines is 1. The average molecular weight is 362 g/mol. The number of aryl methyl sites for hydroxylation is 2. The highest BCUT2D eigenvalue weighted by Crippen LogP contribution is 2.27. The number of carbonyl (C=O) groups is 2. The number of nitrogens with one attached hydrogen (secondary N) is 1. The molecule has 0 heterocycles. The van der Waals surface area contributed by atoms with E-state index in [0.717, 1.165) is 11.1 Å². The molecule has 1 amide bonds. The summed E-state index contributed by atoms with van der Waals surface area (Å²) in [6.45, 7) is 5.69. The minimum Gasteiger partial charge on any atom is -0.483 e.